The van der Waals surface area contributed by atoms with Crippen molar-refractivity contribution in [2.24, 2.45) is 11.1 Å². The topological polar surface area (TPSA) is 108 Å². The summed E-state index contributed by atoms with van der Waals surface area (Å²) in [6.45, 7) is 0.587. The van der Waals surface area contributed by atoms with Crippen molar-refractivity contribution in [3.63, 3.8) is 0 Å². The number of amides is 1. The molecule has 0 radical (unpaired) electrons. The van der Waals surface area contributed by atoms with Crippen molar-refractivity contribution in [1.29, 1.82) is 0 Å². The van der Waals surface area contributed by atoms with Crippen molar-refractivity contribution in [3.8, 4) is 17.2 Å². The highest BCUT2D eigenvalue weighted by Crippen LogP contribution is 2.36. The number of nitrogens with two attached hydrogens (primary N) is 1. The minimum absolute atomic E-state index is 0.122. The summed E-state index contributed by atoms with van der Waals surface area (Å²) in [4.78, 5) is 13.8. The number of rotatable bonds is 7. The number of benzene rings is 1. The van der Waals surface area contributed by atoms with Gasteiger partial charge in [-0.15, -0.1) is 0 Å². The van der Waals surface area contributed by atoms with Crippen LogP contribution in [-0.4, -0.2) is 52.9 Å². The van der Waals surface area contributed by atoms with E-state index in [-0.39, 0.29) is 30.5 Å². The fraction of sp³-hybridized carbons (Fsp3) is 0.533. The molecule has 9 heteroatoms. The Hall–Kier alpha value is -2.00. The van der Waals surface area contributed by atoms with Gasteiger partial charge in [0.1, 0.15) is 17.2 Å². The number of ether oxygens (including phenoxy) is 3. The summed E-state index contributed by atoms with van der Waals surface area (Å²) < 4.78 is 38.4. The molecule has 0 aliphatic carbocycles. The minimum atomic E-state index is -3.61. The lowest BCUT2D eigenvalue weighted by atomic mass is 10.1. The summed E-state index contributed by atoms with van der Waals surface area (Å²) in [5, 5.41) is 5.07. The SMILES string of the molecule is COc1cc(OC)c(CN2CC(CS(N)(=O)=O)CC2=O)c(OC)c1. The number of primary sulfonamides is 1. The van der Waals surface area contributed by atoms with Gasteiger partial charge in [0.15, 0.2) is 0 Å². The monoisotopic (exact) mass is 358 g/mol. The summed E-state index contributed by atoms with van der Waals surface area (Å²) >= 11 is 0. The van der Waals surface area contributed by atoms with Crippen molar-refractivity contribution in [3.05, 3.63) is 17.7 Å². The van der Waals surface area contributed by atoms with Gasteiger partial charge in [-0.05, 0) is 0 Å². The first kappa shape index (κ1) is 18.3. The van der Waals surface area contributed by atoms with Crippen LogP contribution in [0.5, 0.6) is 17.2 Å². The Morgan fingerprint density at radius 1 is 1.17 bits per heavy atom. The lowest BCUT2D eigenvalue weighted by Gasteiger charge is -2.21. The van der Waals surface area contributed by atoms with Crippen LogP contribution in [0, 0.1) is 5.92 Å². The Kier molecular flexibility index (Phi) is 5.55. The van der Waals surface area contributed by atoms with E-state index in [0.29, 0.717) is 29.4 Å². The molecule has 0 bridgehead atoms. The van der Waals surface area contributed by atoms with Gasteiger partial charge in [0.2, 0.25) is 15.9 Å². The third kappa shape index (κ3) is 4.30. The minimum Gasteiger partial charge on any atom is -0.496 e. The van der Waals surface area contributed by atoms with Gasteiger partial charge in [0, 0.05) is 31.0 Å². The Morgan fingerprint density at radius 3 is 2.21 bits per heavy atom. The number of hydrogen-bond acceptors (Lipinski definition) is 6. The Balaban J connectivity index is 2.23. The third-order valence-electron chi connectivity index (χ3n) is 3.93. The second kappa shape index (κ2) is 7.27. The van der Waals surface area contributed by atoms with Crippen molar-refractivity contribution in [2.45, 2.75) is 13.0 Å². The van der Waals surface area contributed by atoms with Crippen LogP contribution in [0.25, 0.3) is 0 Å². The molecular weight excluding hydrogens is 336 g/mol. The van der Waals surface area contributed by atoms with Gasteiger partial charge < -0.3 is 19.1 Å². The molecule has 1 unspecified atom stereocenters. The number of carbonyl (C=O) groups is 1. The maximum Gasteiger partial charge on any atom is 0.223 e. The second-order valence-corrected chi connectivity index (χ2v) is 7.34. The van der Waals surface area contributed by atoms with Crippen LogP contribution in [-0.2, 0) is 21.4 Å². The first-order valence-electron chi connectivity index (χ1n) is 7.34. The Labute approximate surface area is 141 Å². The third-order valence-corrected chi connectivity index (χ3v) is 4.86. The van der Waals surface area contributed by atoms with Crippen LogP contribution in [0.15, 0.2) is 12.1 Å². The van der Waals surface area contributed by atoms with Crippen molar-refractivity contribution >= 4 is 15.9 Å². The molecule has 0 spiro atoms. The molecule has 0 saturated carbocycles. The van der Waals surface area contributed by atoms with Gasteiger partial charge >= 0.3 is 0 Å². The van der Waals surface area contributed by atoms with Gasteiger partial charge in [-0.2, -0.15) is 0 Å². The van der Waals surface area contributed by atoms with Crippen LogP contribution in [0.1, 0.15) is 12.0 Å². The van der Waals surface area contributed by atoms with Gasteiger partial charge in [-0.25, -0.2) is 13.6 Å². The molecule has 2 N–H and O–H groups in total. The fourth-order valence-electron chi connectivity index (χ4n) is 2.87. The quantitative estimate of drug-likeness (QED) is 0.753. The normalized spacial score (nSPS) is 17.9. The summed E-state index contributed by atoms with van der Waals surface area (Å²) in [5.41, 5.74) is 0.699. The smallest absolute Gasteiger partial charge is 0.223 e. The summed E-state index contributed by atoms with van der Waals surface area (Å²) in [6, 6.07) is 3.42. The van der Waals surface area contributed by atoms with Crippen LogP contribution < -0.4 is 19.3 Å². The van der Waals surface area contributed by atoms with Gasteiger partial charge in [0.05, 0.1) is 39.2 Å². The first-order valence-corrected chi connectivity index (χ1v) is 9.06. The molecule has 8 nitrogen and oxygen atoms in total. The van der Waals surface area contributed by atoms with E-state index in [1.165, 1.54) is 21.3 Å². The molecule has 1 aliphatic heterocycles. The lowest BCUT2D eigenvalue weighted by molar-refractivity contribution is -0.128. The van der Waals surface area contributed by atoms with E-state index in [0.717, 1.165) is 0 Å². The van der Waals surface area contributed by atoms with Crippen molar-refractivity contribution in [1.82, 2.24) is 4.90 Å². The molecule has 24 heavy (non-hydrogen) atoms. The van der Waals surface area contributed by atoms with Crippen molar-refractivity contribution in [2.75, 3.05) is 33.6 Å². The predicted molar refractivity (Wildman–Crippen MR) is 87.6 cm³/mol. The molecule has 1 aliphatic rings. The maximum absolute atomic E-state index is 12.2. The largest absolute Gasteiger partial charge is 0.496 e. The molecule has 1 amide bonds. The number of carbonyl (C=O) groups excluding carboxylic acids is 1. The molecule has 0 aromatic heterocycles. The van der Waals surface area contributed by atoms with Gasteiger partial charge in [-0.1, -0.05) is 0 Å². The summed E-state index contributed by atoms with van der Waals surface area (Å²) in [6.07, 6.45) is 0.164. The molecule has 1 aromatic carbocycles. The summed E-state index contributed by atoms with van der Waals surface area (Å²) in [5.74, 6) is 1.02. The first-order chi connectivity index (χ1) is 11.3. The van der Waals surface area contributed by atoms with E-state index in [1.54, 1.807) is 17.0 Å². The highest BCUT2D eigenvalue weighted by atomic mass is 32.2. The molecule has 134 valence electrons. The molecular formula is C15H22N2O6S. The maximum atomic E-state index is 12.2. The molecule has 2 rings (SSSR count). The molecule has 1 fully saturated rings. The van der Waals surface area contributed by atoms with Gasteiger partial charge in [-0.3, -0.25) is 4.79 Å². The average molecular weight is 358 g/mol. The molecule has 1 atom stereocenters. The van der Waals surface area contributed by atoms with Crippen LogP contribution in [0.2, 0.25) is 0 Å². The zero-order chi connectivity index (χ0) is 17.9. The standard InChI is InChI=1S/C15H22N2O6S/c1-21-11-5-13(22-2)12(14(6-11)23-3)8-17-7-10(4-15(17)18)9-24(16,19)20/h5-6,10H,4,7-9H2,1-3H3,(H2,16,19,20). The highest BCUT2D eigenvalue weighted by molar-refractivity contribution is 7.89. The number of methoxy groups -OCH3 is 3. The van der Waals surface area contributed by atoms with E-state index in [2.05, 4.69) is 0 Å². The zero-order valence-electron chi connectivity index (χ0n) is 13.9. The highest BCUT2D eigenvalue weighted by Gasteiger charge is 2.33. The summed E-state index contributed by atoms with van der Waals surface area (Å²) in [7, 11) is 0.973. The Bertz CT molecular complexity index is 694. The number of sulfonamides is 1. The Morgan fingerprint density at radius 2 is 1.75 bits per heavy atom. The van der Waals surface area contributed by atoms with E-state index in [1.807, 2.05) is 0 Å². The average Bonchev–Trinajstić information content (AvgIpc) is 2.84. The van der Waals surface area contributed by atoms with Crippen LogP contribution >= 0.6 is 0 Å². The van der Waals surface area contributed by atoms with Crippen LogP contribution in [0.4, 0.5) is 0 Å². The predicted octanol–water partition coefficient (Wildman–Crippen LogP) is 0.349. The van der Waals surface area contributed by atoms with Crippen molar-refractivity contribution < 1.29 is 27.4 Å². The zero-order valence-corrected chi connectivity index (χ0v) is 14.8. The van der Waals surface area contributed by atoms with E-state index >= 15 is 0 Å². The molecule has 1 heterocycles. The number of hydrogen-bond donors (Lipinski definition) is 1. The van der Waals surface area contributed by atoms with Gasteiger partial charge in [0.25, 0.3) is 0 Å². The van der Waals surface area contributed by atoms with E-state index < -0.39 is 10.0 Å². The van der Waals surface area contributed by atoms with E-state index in [9.17, 15) is 13.2 Å². The second-order valence-electron chi connectivity index (χ2n) is 5.68. The molecule has 1 aromatic rings. The number of likely N-dealkylation sites (tertiary alicyclic amines) is 1. The molecule has 1 saturated heterocycles. The number of nitrogens with zero attached hydrogens (tertiary/aromatic N) is 1. The van der Waals surface area contributed by atoms with E-state index in [4.69, 9.17) is 19.3 Å². The lowest BCUT2D eigenvalue weighted by Crippen LogP contribution is -2.27. The van der Waals surface area contributed by atoms with Crippen LogP contribution in [0.3, 0.4) is 0 Å². The fourth-order valence-corrected chi connectivity index (χ4v) is 3.75.